The normalized spacial score (nSPS) is 11.1. The van der Waals surface area contributed by atoms with Crippen LogP contribution in [0, 0.1) is 0 Å². The molecular weight excluding hydrogens is 410 g/mol. The molecule has 0 unspecified atom stereocenters. The smallest absolute Gasteiger partial charge is 0.327 e. The van der Waals surface area contributed by atoms with E-state index in [4.69, 9.17) is 4.74 Å². The van der Waals surface area contributed by atoms with Gasteiger partial charge in [0.25, 0.3) is 0 Å². The van der Waals surface area contributed by atoms with Gasteiger partial charge in [0.1, 0.15) is 0 Å². The van der Waals surface area contributed by atoms with E-state index in [-0.39, 0.29) is 6.54 Å². The van der Waals surface area contributed by atoms with E-state index in [1.165, 1.54) is 135 Å². The lowest BCUT2D eigenvalue weighted by atomic mass is 10.0. The second-order valence-electron chi connectivity index (χ2n) is 9.90. The number of esters is 2. The van der Waals surface area contributed by atoms with Crippen molar-refractivity contribution in [1.82, 2.24) is 5.32 Å². The molecule has 0 aliphatic heterocycles. The summed E-state index contributed by atoms with van der Waals surface area (Å²) >= 11 is 0. The molecule has 0 fully saturated rings. The Hall–Kier alpha value is -0.900. The number of likely N-dealkylation sites (N-methyl/N-ethyl adjacent to an activating group) is 1. The summed E-state index contributed by atoms with van der Waals surface area (Å²) in [7, 11) is 1.66. The molecule has 196 valence electrons. The van der Waals surface area contributed by atoms with Gasteiger partial charge in [0.05, 0.1) is 6.54 Å². The van der Waals surface area contributed by atoms with Gasteiger partial charge in [-0.25, -0.2) is 0 Å². The van der Waals surface area contributed by atoms with Crippen LogP contribution in [0.25, 0.3) is 0 Å². The molecule has 0 aromatic heterocycles. The molecule has 0 amide bonds. The average Bonchev–Trinajstić information content (AvgIpc) is 2.79. The van der Waals surface area contributed by atoms with Crippen LogP contribution < -0.4 is 5.32 Å². The third kappa shape index (κ3) is 27.2. The van der Waals surface area contributed by atoms with Crippen LogP contribution in [0.2, 0.25) is 0 Å². The largest absolute Gasteiger partial charge is 0.392 e. The minimum atomic E-state index is -0.489. The standard InChI is InChI=1S/C29H57NO3/c1-3-4-5-6-7-8-9-10-11-12-13-14-15-16-17-18-19-20-21-22-23-24-25-26-28(31)33-29(32)27-30-2/h30H,3-27H2,1-2H3. The molecule has 0 aliphatic carbocycles. The van der Waals surface area contributed by atoms with Gasteiger partial charge in [0.15, 0.2) is 0 Å². The van der Waals surface area contributed by atoms with Gasteiger partial charge in [-0.05, 0) is 13.5 Å². The average molecular weight is 468 g/mol. The van der Waals surface area contributed by atoms with Crippen molar-refractivity contribution in [2.45, 2.75) is 161 Å². The Balaban J connectivity index is 3.12. The molecule has 33 heavy (non-hydrogen) atoms. The molecule has 0 saturated carbocycles. The first-order valence-corrected chi connectivity index (χ1v) is 14.6. The fraction of sp³-hybridized carbons (Fsp3) is 0.931. The monoisotopic (exact) mass is 467 g/mol. The van der Waals surface area contributed by atoms with Crippen molar-refractivity contribution < 1.29 is 14.3 Å². The van der Waals surface area contributed by atoms with E-state index in [9.17, 15) is 9.59 Å². The zero-order chi connectivity index (χ0) is 24.2. The van der Waals surface area contributed by atoms with Crippen LogP contribution in [0.4, 0.5) is 0 Å². The number of ether oxygens (including phenoxy) is 1. The second-order valence-corrected chi connectivity index (χ2v) is 9.90. The van der Waals surface area contributed by atoms with E-state index in [0.717, 1.165) is 12.8 Å². The topological polar surface area (TPSA) is 55.4 Å². The van der Waals surface area contributed by atoms with E-state index in [1.54, 1.807) is 7.05 Å². The molecule has 4 nitrogen and oxygen atoms in total. The predicted octanol–water partition coefficient (Wildman–Crippen LogP) is 8.66. The number of hydrogen-bond donors (Lipinski definition) is 1. The highest BCUT2D eigenvalue weighted by Crippen LogP contribution is 2.15. The zero-order valence-electron chi connectivity index (χ0n) is 22.4. The molecule has 0 spiro atoms. The Bertz CT molecular complexity index is 425. The summed E-state index contributed by atoms with van der Waals surface area (Å²) < 4.78 is 4.70. The lowest BCUT2D eigenvalue weighted by Crippen LogP contribution is -2.23. The molecule has 0 bridgehead atoms. The van der Waals surface area contributed by atoms with Crippen molar-refractivity contribution in [3.05, 3.63) is 0 Å². The summed E-state index contributed by atoms with van der Waals surface area (Å²) in [4.78, 5) is 22.7. The SMILES string of the molecule is CCCCCCCCCCCCCCCCCCCCCCCCCC(=O)OC(=O)CNC. The van der Waals surface area contributed by atoms with Gasteiger partial charge in [-0.15, -0.1) is 0 Å². The van der Waals surface area contributed by atoms with Gasteiger partial charge in [-0.3, -0.25) is 9.59 Å². The van der Waals surface area contributed by atoms with Crippen molar-refractivity contribution >= 4 is 11.9 Å². The van der Waals surface area contributed by atoms with E-state index in [0.29, 0.717) is 6.42 Å². The maximum atomic E-state index is 11.5. The zero-order valence-corrected chi connectivity index (χ0v) is 22.4. The molecule has 0 rings (SSSR count). The first kappa shape index (κ1) is 32.1. The number of carbonyl (C=O) groups is 2. The van der Waals surface area contributed by atoms with Gasteiger partial charge >= 0.3 is 11.9 Å². The Kier molecular flexibility index (Phi) is 26.6. The lowest BCUT2D eigenvalue weighted by Gasteiger charge is -2.04. The van der Waals surface area contributed by atoms with E-state index >= 15 is 0 Å². The third-order valence-corrected chi connectivity index (χ3v) is 6.53. The van der Waals surface area contributed by atoms with Gasteiger partial charge in [0.2, 0.25) is 0 Å². The Morgan fingerprint density at radius 3 is 1.09 bits per heavy atom. The highest BCUT2D eigenvalue weighted by molar-refractivity contribution is 5.86. The molecule has 0 radical (unpaired) electrons. The number of carbonyl (C=O) groups excluding carboxylic acids is 2. The Labute approximate surface area is 206 Å². The van der Waals surface area contributed by atoms with Gasteiger partial charge in [-0.1, -0.05) is 148 Å². The van der Waals surface area contributed by atoms with E-state index in [2.05, 4.69) is 12.2 Å². The third-order valence-electron chi connectivity index (χ3n) is 6.53. The fourth-order valence-corrected chi connectivity index (χ4v) is 4.41. The molecule has 0 aromatic carbocycles. The molecule has 0 atom stereocenters. The predicted molar refractivity (Wildman–Crippen MR) is 142 cm³/mol. The quantitative estimate of drug-likeness (QED) is 0.0785. The minimum absolute atomic E-state index is 0.0884. The summed E-state index contributed by atoms with van der Waals surface area (Å²) in [5, 5.41) is 2.68. The number of hydrogen-bond acceptors (Lipinski definition) is 4. The summed E-state index contributed by atoms with van der Waals surface area (Å²) in [5.74, 6) is -0.879. The Morgan fingerprint density at radius 1 is 0.485 bits per heavy atom. The first-order chi connectivity index (χ1) is 16.2. The maximum absolute atomic E-state index is 11.5. The van der Waals surface area contributed by atoms with Crippen LogP contribution in [0.15, 0.2) is 0 Å². The number of nitrogens with one attached hydrogen (secondary N) is 1. The van der Waals surface area contributed by atoms with Crippen molar-refractivity contribution in [3.63, 3.8) is 0 Å². The highest BCUT2D eigenvalue weighted by atomic mass is 16.6. The van der Waals surface area contributed by atoms with Crippen LogP contribution in [0.5, 0.6) is 0 Å². The number of unbranched alkanes of at least 4 members (excludes halogenated alkanes) is 22. The fourth-order valence-electron chi connectivity index (χ4n) is 4.41. The van der Waals surface area contributed by atoms with Crippen molar-refractivity contribution in [2.24, 2.45) is 0 Å². The van der Waals surface area contributed by atoms with Crippen molar-refractivity contribution in [2.75, 3.05) is 13.6 Å². The maximum Gasteiger partial charge on any atom is 0.327 e. The summed E-state index contributed by atoms with van der Waals surface area (Å²) in [6.07, 6.45) is 31.6. The van der Waals surface area contributed by atoms with Crippen LogP contribution in [-0.2, 0) is 14.3 Å². The molecular formula is C29H57NO3. The molecule has 0 aromatic rings. The van der Waals surface area contributed by atoms with Crippen LogP contribution in [0.3, 0.4) is 0 Å². The van der Waals surface area contributed by atoms with Gasteiger partial charge in [0, 0.05) is 6.42 Å². The molecule has 1 N–H and O–H groups in total. The molecule has 0 saturated heterocycles. The van der Waals surface area contributed by atoms with Gasteiger partial charge < -0.3 is 10.1 Å². The first-order valence-electron chi connectivity index (χ1n) is 14.6. The summed E-state index contributed by atoms with van der Waals surface area (Å²) in [5.41, 5.74) is 0. The second kappa shape index (κ2) is 27.3. The number of rotatable bonds is 26. The Morgan fingerprint density at radius 2 is 0.788 bits per heavy atom. The summed E-state index contributed by atoms with van der Waals surface area (Å²) in [6.45, 7) is 2.38. The van der Waals surface area contributed by atoms with E-state index < -0.39 is 11.9 Å². The highest BCUT2D eigenvalue weighted by Gasteiger charge is 2.08. The minimum Gasteiger partial charge on any atom is -0.392 e. The van der Waals surface area contributed by atoms with Gasteiger partial charge in [-0.2, -0.15) is 0 Å². The van der Waals surface area contributed by atoms with Crippen molar-refractivity contribution in [3.8, 4) is 0 Å². The molecule has 0 heterocycles. The van der Waals surface area contributed by atoms with Crippen molar-refractivity contribution in [1.29, 1.82) is 0 Å². The van der Waals surface area contributed by atoms with Crippen LogP contribution in [0.1, 0.15) is 161 Å². The molecule has 0 aliphatic rings. The lowest BCUT2D eigenvalue weighted by molar-refractivity contribution is -0.158. The summed E-state index contributed by atoms with van der Waals surface area (Å²) in [6, 6.07) is 0. The van der Waals surface area contributed by atoms with Crippen LogP contribution >= 0.6 is 0 Å². The van der Waals surface area contributed by atoms with E-state index in [1.807, 2.05) is 0 Å². The van der Waals surface area contributed by atoms with Crippen LogP contribution in [-0.4, -0.2) is 25.5 Å². The molecule has 4 heteroatoms.